The minimum absolute atomic E-state index is 0.647. The first-order valence-electron chi connectivity index (χ1n) is 12.0. The Hall–Kier alpha value is -1.57. The quantitative estimate of drug-likeness (QED) is 0.215. The summed E-state index contributed by atoms with van der Waals surface area (Å²) in [6.45, 7) is 2.29. The Bertz CT molecular complexity index is 561. The zero-order valence-corrected chi connectivity index (χ0v) is 18.2. The highest BCUT2D eigenvalue weighted by Gasteiger charge is 2.14. The maximum absolute atomic E-state index is 3.22. The van der Waals surface area contributed by atoms with Gasteiger partial charge in [0.05, 0.1) is 0 Å². The summed E-state index contributed by atoms with van der Waals surface area (Å²) in [5.41, 5.74) is 1.47. The van der Waals surface area contributed by atoms with E-state index < -0.39 is 0 Å². The number of nitrogens with one attached hydrogen (secondary N) is 1. The zero-order valence-electron chi connectivity index (χ0n) is 18.2. The third-order valence-corrected chi connectivity index (χ3v) is 5.97. The van der Waals surface area contributed by atoms with Crippen LogP contribution >= 0.6 is 0 Å². The van der Waals surface area contributed by atoms with Crippen molar-refractivity contribution in [1.29, 1.82) is 0 Å². The van der Waals surface area contributed by atoms with E-state index in [4.69, 9.17) is 0 Å². The average molecular weight is 384 g/mol. The molecule has 2 aromatic rings. The fourth-order valence-electron chi connectivity index (χ4n) is 4.20. The molecule has 0 aliphatic carbocycles. The van der Waals surface area contributed by atoms with Crippen molar-refractivity contribution >= 4 is 0 Å². The van der Waals surface area contributed by atoms with E-state index in [1.807, 2.05) is 6.20 Å². The highest BCUT2D eigenvalue weighted by atomic mass is 15.0. The molecule has 28 heavy (non-hydrogen) atoms. The van der Waals surface area contributed by atoms with Gasteiger partial charge in [-0.25, -0.2) is 4.57 Å². The summed E-state index contributed by atoms with van der Waals surface area (Å²) in [4.78, 5) is 3.22. The summed E-state index contributed by atoms with van der Waals surface area (Å²) < 4.78 is 2.39. The minimum Gasteiger partial charge on any atom is -0.250 e. The molecule has 1 atom stereocenters. The molecule has 0 fully saturated rings. The Labute approximate surface area is 173 Å². The van der Waals surface area contributed by atoms with Crippen molar-refractivity contribution in [3.05, 3.63) is 54.6 Å². The maximum atomic E-state index is 3.22. The second-order valence-corrected chi connectivity index (χ2v) is 8.41. The molecular formula is C26H43N2+. The highest BCUT2D eigenvalue weighted by molar-refractivity contribution is 5.14. The first kappa shape index (κ1) is 22.7. The summed E-state index contributed by atoms with van der Waals surface area (Å²) in [6.07, 6.45) is 27.1. The van der Waals surface area contributed by atoms with E-state index in [2.05, 4.69) is 59.3 Å². The second-order valence-electron chi connectivity index (χ2n) is 8.41. The van der Waals surface area contributed by atoms with Crippen molar-refractivity contribution in [2.75, 3.05) is 0 Å². The fourth-order valence-corrected chi connectivity index (χ4v) is 4.20. The number of rotatable bonds is 17. The number of imidazole rings is 1. The normalized spacial score (nSPS) is 12.3. The van der Waals surface area contributed by atoms with Crippen molar-refractivity contribution in [2.24, 2.45) is 0 Å². The molecule has 156 valence electrons. The third kappa shape index (κ3) is 10.1. The Morgan fingerprint density at radius 3 is 1.96 bits per heavy atom. The van der Waals surface area contributed by atoms with Gasteiger partial charge in [-0.1, -0.05) is 101 Å². The molecule has 0 saturated carbocycles. The largest absolute Gasteiger partial charge is 0.250 e. The predicted molar refractivity (Wildman–Crippen MR) is 120 cm³/mol. The van der Waals surface area contributed by atoms with Gasteiger partial charge in [-0.15, -0.1) is 0 Å². The molecule has 1 aromatic carbocycles. The molecular weight excluding hydrogens is 340 g/mol. The van der Waals surface area contributed by atoms with E-state index in [1.54, 1.807) is 0 Å². The van der Waals surface area contributed by atoms with Gasteiger partial charge in [-0.3, -0.25) is 4.98 Å². The van der Waals surface area contributed by atoms with E-state index in [9.17, 15) is 0 Å². The maximum Gasteiger partial charge on any atom is 0.241 e. The Kier molecular flexibility index (Phi) is 12.5. The lowest BCUT2D eigenvalue weighted by molar-refractivity contribution is -0.723. The molecule has 2 rings (SSSR count). The Morgan fingerprint density at radius 2 is 1.36 bits per heavy atom. The summed E-state index contributed by atoms with van der Waals surface area (Å²) in [5, 5.41) is 0. The van der Waals surface area contributed by atoms with Crippen LogP contribution in [0, 0.1) is 0 Å². The van der Waals surface area contributed by atoms with Crippen molar-refractivity contribution in [1.82, 2.24) is 4.98 Å². The topological polar surface area (TPSA) is 19.7 Å². The van der Waals surface area contributed by atoms with Gasteiger partial charge in [0, 0.05) is 0 Å². The van der Waals surface area contributed by atoms with Gasteiger partial charge in [0.15, 0.2) is 0 Å². The molecule has 0 radical (unpaired) electrons. The van der Waals surface area contributed by atoms with Crippen molar-refractivity contribution in [3.8, 4) is 0 Å². The van der Waals surface area contributed by atoms with Crippen LogP contribution in [0.3, 0.4) is 0 Å². The number of benzene rings is 1. The van der Waals surface area contributed by atoms with Gasteiger partial charge in [0.25, 0.3) is 0 Å². The van der Waals surface area contributed by atoms with E-state index in [0.717, 1.165) is 0 Å². The number of unbranched alkanes of at least 4 members (excludes halogenated alkanes) is 10. The SMILES string of the molecule is CCCCCCCCCCCCCC(CCCc1ccccc1)[n+]1cc[nH]c1. The molecule has 0 amide bonds. The standard InChI is InChI=1S/C26H42N2/c1-2-3-4-5-6-7-8-9-10-11-15-20-26(28-23-22-27-24-28)21-16-19-25-17-13-12-14-18-25/h12-14,17-18,22-24,26H,2-11,15-16,19-21H2,1H3/p+1. The van der Waals surface area contributed by atoms with Crippen LogP contribution in [0.25, 0.3) is 0 Å². The molecule has 0 spiro atoms. The van der Waals surface area contributed by atoms with Crippen LogP contribution < -0.4 is 4.57 Å². The number of H-pyrrole nitrogens is 1. The smallest absolute Gasteiger partial charge is 0.241 e. The number of aromatic amines is 1. The first-order chi connectivity index (χ1) is 13.9. The molecule has 1 heterocycles. The van der Waals surface area contributed by atoms with Crippen molar-refractivity contribution in [3.63, 3.8) is 0 Å². The summed E-state index contributed by atoms with van der Waals surface area (Å²) in [6, 6.07) is 11.6. The lowest BCUT2D eigenvalue weighted by Gasteiger charge is -2.14. The van der Waals surface area contributed by atoms with Crippen LogP contribution in [0.4, 0.5) is 0 Å². The van der Waals surface area contributed by atoms with Crippen LogP contribution in [0.15, 0.2) is 49.1 Å². The molecule has 0 aliphatic heterocycles. The number of hydrogen-bond donors (Lipinski definition) is 1. The minimum atomic E-state index is 0.647. The molecule has 0 aliphatic rings. The van der Waals surface area contributed by atoms with Gasteiger partial charge in [0.1, 0.15) is 18.4 Å². The Balaban J connectivity index is 1.55. The first-order valence-corrected chi connectivity index (χ1v) is 12.0. The number of aryl methyl sites for hydroxylation is 1. The van der Waals surface area contributed by atoms with Crippen LogP contribution in [0.5, 0.6) is 0 Å². The zero-order chi connectivity index (χ0) is 19.7. The van der Waals surface area contributed by atoms with E-state index in [1.165, 1.54) is 102 Å². The number of hydrogen-bond acceptors (Lipinski definition) is 0. The second kappa shape index (κ2) is 15.4. The monoisotopic (exact) mass is 383 g/mol. The number of nitrogens with zero attached hydrogens (tertiary/aromatic N) is 1. The Morgan fingerprint density at radius 1 is 0.750 bits per heavy atom. The van der Waals surface area contributed by atoms with E-state index in [0.29, 0.717) is 6.04 Å². The molecule has 1 unspecified atom stereocenters. The van der Waals surface area contributed by atoms with E-state index >= 15 is 0 Å². The van der Waals surface area contributed by atoms with Crippen LogP contribution in [-0.2, 0) is 6.42 Å². The van der Waals surface area contributed by atoms with E-state index in [-0.39, 0.29) is 0 Å². The van der Waals surface area contributed by atoms with Crippen LogP contribution in [-0.4, -0.2) is 4.98 Å². The van der Waals surface area contributed by atoms with Gasteiger partial charge < -0.3 is 0 Å². The molecule has 2 nitrogen and oxygen atoms in total. The van der Waals surface area contributed by atoms with Gasteiger partial charge in [-0.05, 0) is 37.7 Å². The molecule has 0 saturated heterocycles. The lowest BCUT2D eigenvalue weighted by Crippen LogP contribution is -2.37. The molecule has 0 bridgehead atoms. The number of aromatic nitrogens is 2. The summed E-state index contributed by atoms with van der Waals surface area (Å²) in [7, 11) is 0. The summed E-state index contributed by atoms with van der Waals surface area (Å²) in [5.74, 6) is 0. The highest BCUT2D eigenvalue weighted by Crippen LogP contribution is 2.19. The summed E-state index contributed by atoms with van der Waals surface area (Å²) >= 11 is 0. The molecule has 2 heteroatoms. The average Bonchev–Trinajstić information content (AvgIpc) is 3.26. The van der Waals surface area contributed by atoms with Crippen LogP contribution in [0.2, 0.25) is 0 Å². The van der Waals surface area contributed by atoms with Crippen molar-refractivity contribution < 1.29 is 4.57 Å². The van der Waals surface area contributed by atoms with Gasteiger partial charge in [0.2, 0.25) is 6.33 Å². The predicted octanol–water partition coefficient (Wildman–Crippen LogP) is 7.57. The fraction of sp³-hybridized carbons (Fsp3) is 0.654. The third-order valence-electron chi connectivity index (χ3n) is 5.97. The van der Waals surface area contributed by atoms with Crippen molar-refractivity contribution in [2.45, 2.75) is 109 Å². The van der Waals surface area contributed by atoms with Gasteiger partial charge in [-0.2, -0.15) is 0 Å². The van der Waals surface area contributed by atoms with Gasteiger partial charge >= 0.3 is 0 Å². The molecule has 1 N–H and O–H groups in total. The van der Waals surface area contributed by atoms with Crippen LogP contribution in [0.1, 0.15) is 108 Å². The molecule has 1 aromatic heterocycles. The lowest BCUT2D eigenvalue weighted by atomic mass is 9.99.